The topological polar surface area (TPSA) is 195 Å². The summed E-state index contributed by atoms with van der Waals surface area (Å²) in [5.74, 6) is 5.07. The molecule has 2 N–H and O–H groups in total. The first-order chi connectivity index (χ1) is 6.36. The maximum absolute atomic E-state index is 8.52. The number of nitrogen functional groups attached to an aromatic ring is 1. The Labute approximate surface area is 105 Å². The van der Waals surface area contributed by atoms with Crippen molar-refractivity contribution in [1.82, 2.24) is 14.9 Å². The fraction of sp³-hybridized carbons (Fsp3) is 0. The predicted molar refractivity (Wildman–Crippen MR) is 20.2 cm³/mol. The van der Waals surface area contributed by atoms with Gasteiger partial charge in [0.05, 0.1) is 0 Å². The van der Waals surface area contributed by atoms with Crippen LogP contribution in [0.2, 0.25) is 0 Å². The Bertz CT molecular complexity index is 188. The van der Waals surface area contributed by atoms with Crippen LogP contribution in [0.1, 0.15) is 0 Å². The van der Waals surface area contributed by atoms with Crippen LogP contribution < -0.4 is 31.0 Å². The van der Waals surface area contributed by atoms with Gasteiger partial charge in [0.15, 0.2) is 0 Å². The van der Waals surface area contributed by atoms with E-state index in [0.717, 1.165) is 0 Å². The smallest absolute Gasteiger partial charge is 0.405 e. The number of rotatable bonds is 0. The minimum absolute atomic E-state index is 0. The standard InChI is InChI=1S/C2H4N4.2BrO3.Cu/c3-6-1-4-5-2-6;2*2-1(3)4;/h1-2H,3H2;;;/q;2*-1;+2. The molecule has 1 radical (unpaired) electrons. The van der Waals surface area contributed by atoms with Crippen LogP contribution in [0.3, 0.4) is 0 Å². The SMILES string of the molecule is Nn1cnnc1.[Cu+2].[O-][Br+2]([O-])[O-].[O-][Br+2]([O-])[O-]. The second-order valence-electron chi connectivity index (χ2n) is 1.29. The maximum Gasteiger partial charge on any atom is 2.00 e. The molecule has 13 heteroatoms. The van der Waals surface area contributed by atoms with Crippen LogP contribution in [0.5, 0.6) is 0 Å². The summed E-state index contributed by atoms with van der Waals surface area (Å²) >= 11 is -7.29. The summed E-state index contributed by atoms with van der Waals surface area (Å²) in [4.78, 5) is 0. The molecule has 1 rings (SSSR count). The van der Waals surface area contributed by atoms with Crippen LogP contribution in [0.4, 0.5) is 0 Å². The molecule has 1 aromatic rings. The molecular formula is C2H4Br2CuN4O6. The van der Waals surface area contributed by atoms with Crippen molar-refractivity contribution >= 4 is 0 Å². The van der Waals surface area contributed by atoms with E-state index in [0.29, 0.717) is 0 Å². The summed E-state index contributed by atoms with van der Waals surface area (Å²) < 4.78 is 52.4. The summed E-state index contributed by atoms with van der Waals surface area (Å²) in [6.45, 7) is 0. The first-order valence-electron chi connectivity index (χ1n) is 2.42. The van der Waals surface area contributed by atoms with Gasteiger partial charge >= 0.3 is 17.1 Å². The first kappa shape index (κ1) is 20.6. The average Bonchev–Trinajstić information content (AvgIpc) is 2.36. The van der Waals surface area contributed by atoms with Crippen molar-refractivity contribution in [1.29, 1.82) is 0 Å². The maximum atomic E-state index is 8.52. The average molecular weight is 403 g/mol. The van der Waals surface area contributed by atoms with Crippen LogP contribution in [0, 0.1) is 29.6 Å². The molecule has 0 aromatic carbocycles. The first-order valence-corrected chi connectivity index (χ1v) is 6.30. The summed E-state index contributed by atoms with van der Waals surface area (Å²) in [6.07, 6.45) is 2.83. The normalized spacial score (nSPS) is 8.27. The Morgan fingerprint density at radius 3 is 1.13 bits per heavy atom. The molecule has 0 saturated heterocycles. The van der Waals surface area contributed by atoms with E-state index >= 15 is 0 Å². The van der Waals surface area contributed by atoms with Crippen LogP contribution in [-0.2, 0) is 17.1 Å². The molecule has 0 spiro atoms. The van der Waals surface area contributed by atoms with E-state index in [-0.39, 0.29) is 17.1 Å². The summed E-state index contributed by atoms with van der Waals surface area (Å²) in [7, 11) is 0. The van der Waals surface area contributed by atoms with E-state index in [4.69, 9.17) is 31.0 Å². The van der Waals surface area contributed by atoms with E-state index in [1.54, 1.807) is 0 Å². The van der Waals surface area contributed by atoms with Crippen molar-refractivity contribution < 1.29 is 71.9 Å². The zero-order valence-electron chi connectivity index (χ0n) is 6.58. The number of hydrogen-bond acceptors (Lipinski definition) is 9. The molecule has 0 unspecified atom stereocenters. The van der Waals surface area contributed by atoms with E-state index in [1.165, 1.54) is 17.3 Å². The molecule has 0 atom stereocenters. The molecule has 0 aliphatic carbocycles. The second kappa shape index (κ2) is 14.2. The van der Waals surface area contributed by atoms with Gasteiger partial charge in [0.2, 0.25) is 29.6 Å². The molecular weight excluding hydrogens is 399 g/mol. The van der Waals surface area contributed by atoms with Crippen molar-refractivity contribution in [3.8, 4) is 0 Å². The van der Waals surface area contributed by atoms with Gasteiger partial charge < -0.3 is 31.0 Å². The monoisotopic (exact) mass is 401 g/mol. The zero-order valence-corrected chi connectivity index (χ0v) is 10.7. The van der Waals surface area contributed by atoms with Crippen LogP contribution in [-0.4, -0.2) is 14.9 Å². The minimum Gasteiger partial charge on any atom is -0.405 e. The molecule has 0 fully saturated rings. The van der Waals surface area contributed by atoms with Crippen LogP contribution >= 0.6 is 0 Å². The molecule has 0 amide bonds. The summed E-state index contributed by atoms with van der Waals surface area (Å²) in [5.41, 5.74) is 0. The number of hydrogen-bond donors (Lipinski definition) is 1. The molecule has 0 aliphatic heterocycles. The van der Waals surface area contributed by atoms with E-state index in [9.17, 15) is 0 Å². The molecule has 0 saturated carbocycles. The number of nitrogens with two attached hydrogens (primary N) is 1. The Kier molecular flexibility index (Phi) is 19.4. The van der Waals surface area contributed by atoms with E-state index in [2.05, 4.69) is 10.2 Å². The van der Waals surface area contributed by atoms with Gasteiger partial charge in [-0.05, 0) is 0 Å². The Morgan fingerprint density at radius 2 is 1.07 bits per heavy atom. The number of nitrogens with zero attached hydrogens (tertiary/aromatic N) is 3. The quantitative estimate of drug-likeness (QED) is 0.323. The number of halogens is 2. The molecule has 93 valence electrons. The fourth-order valence-corrected chi connectivity index (χ4v) is 0.209. The third-order valence-corrected chi connectivity index (χ3v) is 0.437. The molecule has 1 heterocycles. The Hall–Kier alpha value is 0.179. The predicted octanol–water partition coefficient (Wildman–Crippen LogP) is -8.14. The summed E-state index contributed by atoms with van der Waals surface area (Å²) in [6, 6.07) is 0. The minimum atomic E-state index is -3.65. The molecule has 0 bridgehead atoms. The Balaban J connectivity index is -0.000000145. The van der Waals surface area contributed by atoms with Gasteiger partial charge in [-0.15, -0.1) is 10.2 Å². The van der Waals surface area contributed by atoms with Gasteiger partial charge in [-0.25, -0.2) is 4.68 Å². The van der Waals surface area contributed by atoms with Crippen molar-refractivity contribution in [2.45, 2.75) is 0 Å². The number of aromatic nitrogens is 3. The molecule has 10 nitrogen and oxygen atoms in total. The molecule has 1 aromatic heterocycles. The zero-order chi connectivity index (χ0) is 11.6. The van der Waals surface area contributed by atoms with Crippen LogP contribution in [0.15, 0.2) is 12.7 Å². The van der Waals surface area contributed by atoms with Crippen molar-refractivity contribution in [3.05, 3.63) is 12.7 Å². The van der Waals surface area contributed by atoms with Crippen molar-refractivity contribution in [2.24, 2.45) is 0 Å². The largest absolute Gasteiger partial charge is 2.00 e. The van der Waals surface area contributed by atoms with Crippen LogP contribution in [0.25, 0.3) is 0 Å². The Morgan fingerprint density at radius 1 is 0.867 bits per heavy atom. The second-order valence-corrected chi connectivity index (χ2v) is 2.87. The van der Waals surface area contributed by atoms with Gasteiger partial charge in [0.1, 0.15) is 12.7 Å². The van der Waals surface area contributed by atoms with Gasteiger partial charge in [0, 0.05) is 0 Å². The van der Waals surface area contributed by atoms with E-state index < -0.39 is 29.6 Å². The molecule has 15 heavy (non-hydrogen) atoms. The third-order valence-electron chi connectivity index (χ3n) is 0.437. The van der Waals surface area contributed by atoms with Gasteiger partial charge in [-0.1, -0.05) is 0 Å². The summed E-state index contributed by atoms with van der Waals surface area (Å²) in [5, 5.41) is 6.82. The van der Waals surface area contributed by atoms with Gasteiger partial charge in [-0.2, -0.15) is 0 Å². The van der Waals surface area contributed by atoms with E-state index in [1.807, 2.05) is 0 Å². The van der Waals surface area contributed by atoms with Crippen molar-refractivity contribution in [2.75, 3.05) is 5.84 Å². The van der Waals surface area contributed by atoms with Gasteiger partial charge in [0.25, 0.3) is 0 Å². The van der Waals surface area contributed by atoms with Gasteiger partial charge in [-0.3, -0.25) is 0 Å². The van der Waals surface area contributed by atoms with Crippen molar-refractivity contribution in [3.63, 3.8) is 0 Å². The molecule has 0 aliphatic rings. The fourth-order valence-electron chi connectivity index (χ4n) is 0.209. The third kappa shape index (κ3) is 40.8.